The minimum absolute atomic E-state index is 0.0884. The molecule has 154 valence electrons. The van der Waals surface area contributed by atoms with Crippen molar-refractivity contribution in [2.45, 2.75) is 9.79 Å². The molecule has 0 aliphatic heterocycles. The third-order valence-corrected chi connectivity index (χ3v) is 5.93. The molecule has 3 aromatic rings. The van der Waals surface area contributed by atoms with Gasteiger partial charge in [0, 0.05) is 16.1 Å². The zero-order valence-corrected chi connectivity index (χ0v) is 17.0. The normalized spacial score (nSPS) is 10.8. The molecule has 3 amide bonds. The number of carbonyl (C=O) groups is 2. The predicted molar refractivity (Wildman–Crippen MR) is 114 cm³/mol. The number of phenolic OH excluding ortho intramolecular Hbond substituents is 1. The van der Waals surface area contributed by atoms with Gasteiger partial charge in [-0.15, -0.1) is 0 Å². The van der Waals surface area contributed by atoms with Gasteiger partial charge < -0.3 is 10.4 Å². The second-order valence-corrected chi connectivity index (χ2v) is 8.54. The summed E-state index contributed by atoms with van der Waals surface area (Å²) in [5.41, 5.74) is 0.529. The van der Waals surface area contributed by atoms with E-state index in [9.17, 15) is 23.1 Å². The van der Waals surface area contributed by atoms with Crippen LogP contribution in [0.3, 0.4) is 0 Å². The van der Waals surface area contributed by atoms with Crippen molar-refractivity contribution in [3.63, 3.8) is 0 Å². The highest BCUT2D eigenvalue weighted by atomic mass is 32.2. The Hall–Kier alpha value is -3.50. The van der Waals surface area contributed by atoms with E-state index in [4.69, 9.17) is 0 Å². The van der Waals surface area contributed by atoms with Crippen molar-refractivity contribution in [2.24, 2.45) is 0 Å². The Morgan fingerprint density at radius 2 is 1.47 bits per heavy atom. The topological polar surface area (TPSA) is 125 Å². The van der Waals surface area contributed by atoms with Gasteiger partial charge in [-0.25, -0.2) is 17.9 Å². The average Bonchev–Trinajstić information content (AvgIpc) is 2.73. The lowest BCUT2D eigenvalue weighted by Crippen LogP contribution is -2.30. The number of anilines is 1. The van der Waals surface area contributed by atoms with Crippen molar-refractivity contribution >= 4 is 39.6 Å². The average molecular weight is 444 g/mol. The van der Waals surface area contributed by atoms with E-state index in [-0.39, 0.29) is 16.2 Å². The molecule has 10 heteroatoms. The summed E-state index contributed by atoms with van der Waals surface area (Å²) in [4.78, 5) is 24.9. The number of sulfonamides is 1. The van der Waals surface area contributed by atoms with Crippen LogP contribution in [0.1, 0.15) is 10.4 Å². The largest absolute Gasteiger partial charge is 0.508 e. The van der Waals surface area contributed by atoms with Gasteiger partial charge in [0.25, 0.3) is 15.9 Å². The first-order valence-electron chi connectivity index (χ1n) is 8.59. The first-order chi connectivity index (χ1) is 14.3. The van der Waals surface area contributed by atoms with Crippen molar-refractivity contribution in [3.8, 4) is 5.75 Å². The molecular formula is C20H17N3O5S2. The fourth-order valence-electron chi connectivity index (χ4n) is 2.32. The highest BCUT2D eigenvalue weighted by Crippen LogP contribution is 2.16. The highest BCUT2D eigenvalue weighted by Gasteiger charge is 2.18. The number of hydrogen-bond acceptors (Lipinski definition) is 6. The van der Waals surface area contributed by atoms with Gasteiger partial charge in [0.1, 0.15) is 5.75 Å². The SMILES string of the molecule is O=C(NSc1ccccc1)Nc1ccc(C(=O)NS(=O)(=O)c2ccc(O)cc2)cc1. The molecule has 0 aliphatic rings. The Morgan fingerprint density at radius 1 is 0.833 bits per heavy atom. The second kappa shape index (κ2) is 9.33. The molecule has 0 heterocycles. The third-order valence-electron chi connectivity index (χ3n) is 3.78. The Labute approximate surface area is 177 Å². The van der Waals surface area contributed by atoms with Gasteiger partial charge in [-0.05, 0) is 72.6 Å². The van der Waals surface area contributed by atoms with E-state index in [0.717, 1.165) is 16.8 Å². The van der Waals surface area contributed by atoms with Gasteiger partial charge in [-0.2, -0.15) is 0 Å². The molecule has 30 heavy (non-hydrogen) atoms. The molecule has 3 rings (SSSR count). The standard InChI is InChI=1S/C20H17N3O5S2/c24-16-10-12-18(13-11-16)30(27,28)23-19(25)14-6-8-15(9-7-14)21-20(26)22-29-17-4-2-1-3-5-17/h1-13,24H,(H,23,25)(H2,21,22,26). The number of rotatable bonds is 6. The maximum absolute atomic E-state index is 12.3. The summed E-state index contributed by atoms with van der Waals surface area (Å²) in [6.45, 7) is 0. The molecule has 0 saturated carbocycles. The summed E-state index contributed by atoms with van der Waals surface area (Å²) < 4.78 is 29.1. The van der Waals surface area contributed by atoms with Crippen molar-refractivity contribution < 1.29 is 23.1 Å². The minimum Gasteiger partial charge on any atom is -0.508 e. The summed E-state index contributed by atoms with van der Waals surface area (Å²) in [6.07, 6.45) is 0. The molecule has 4 N–H and O–H groups in total. The van der Waals surface area contributed by atoms with E-state index in [1.807, 2.05) is 35.1 Å². The van der Waals surface area contributed by atoms with E-state index in [0.29, 0.717) is 5.69 Å². The first kappa shape index (κ1) is 21.2. The van der Waals surface area contributed by atoms with Crippen LogP contribution in [0.5, 0.6) is 5.75 Å². The molecule has 0 atom stereocenters. The quantitative estimate of drug-likeness (QED) is 0.433. The number of urea groups is 1. The summed E-state index contributed by atoms with van der Waals surface area (Å²) in [5.74, 6) is -0.909. The summed E-state index contributed by atoms with van der Waals surface area (Å²) in [7, 11) is -4.08. The van der Waals surface area contributed by atoms with Crippen LogP contribution in [-0.2, 0) is 10.0 Å². The highest BCUT2D eigenvalue weighted by molar-refractivity contribution is 7.98. The van der Waals surface area contributed by atoms with E-state index in [2.05, 4.69) is 10.0 Å². The van der Waals surface area contributed by atoms with Gasteiger partial charge in [0.05, 0.1) is 4.90 Å². The van der Waals surface area contributed by atoms with E-state index < -0.39 is 22.0 Å². The Balaban J connectivity index is 1.57. The van der Waals surface area contributed by atoms with Crippen LogP contribution in [0, 0.1) is 0 Å². The smallest absolute Gasteiger partial charge is 0.329 e. The van der Waals surface area contributed by atoms with Gasteiger partial charge in [-0.3, -0.25) is 9.52 Å². The van der Waals surface area contributed by atoms with Gasteiger partial charge in [-0.1, -0.05) is 18.2 Å². The van der Waals surface area contributed by atoms with Crippen LogP contribution < -0.4 is 14.8 Å². The number of carbonyl (C=O) groups excluding carboxylic acids is 2. The van der Waals surface area contributed by atoms with Gasteiger partial charge in [0.15, 0.2) is 0 Å². The second-order valence-electron chi connectivity index (χ2n) is 5.98. The molecule has 0 aliphatic carbocycles. The lowest BCUT2D eigenvalue weighted by molar-refractivity contribution is 0.0981. The van der Waals surface area contributed by atoms with Crippen LogP contribution >= 0.6 is 11.9 Å². The first-order valence-corrected chi connectivity index (χ1v) is 10.9. The van der Waals surface area contributed by atoms with E-state index >= 15 is 0 Å². The Bertz CT molecular complexity index is 1130. The monoisotopic (exact) mass is 443 g/mol. The molecule has 3 aromatic carbocycles. The molecule has 0 aromatic heterocycles. The lowest BCUT2D eigenvalue weighted by atomic mass is 10.2. The molecule has 0 bridgehead atoms. The van der Waals surface area contributed by atoms with Gasteiger partial charge in [0.2, 0.25) is 0 Å². The number of hydrogen-bond donors (Lipinski definition) is 4. The van der Waals surface area contributed by atoms with E-state index in [1.54, 1.807) is 0 Å². The van der Waals surface area contributed by atoms with Crippen molar-refractivity contribution in [1.29, 1.82) is 0 Å². The van der Waals surface area contributed by atoms with Crippen LogP contribution in [0.2, 0.25) is 0 Å². The van der Waals surface area contributed by atoms with Crippen LogP contribution in [-0.4, -0.2) is 25.5 Å². The lowest BCUT2D eigenvalue weighted by Gasteiger charge is -2.09. The molecule has 8 nitrogen and oxygen atoms in total. The molecule has 0 fully saturated rings. The molecule has 0 radical (unpaired) electrons. The Kier molecular flexibility index (Phi) is 6.60. The number of phenols is 1. The molecular weight excluding hydrogens is 426 g/mol. The summed E-state index contributed by atoms with van der Waals surface area (Å²) >= 11 is 1.15. The van der Waals surface area contributed by atoms with Crippen molar-refractivity contribution in [1.82, 2.24) is 9.44 Å². The number of nitrogens with one attached hydrogen (secondary N) is 3. The minimum atomic E-state index is -4.08. The number of aromatic hydroxyl groups is 1. The van der Waals surface area contributed by atoms with Crippen molar-refractivity contribution in [2.75, 3.05) is 5.32 Å². The number of amides is 3. The molecule has 0 saturated heterocycles. The van der Waals surface area contributed by atoms with E-state index in [1.165, 1.54) is 48.5 Å². The fourth-order valence-corrected chi connectivity index (χ4v) is 3.85. The van der Waals surface area contributed by atoms with Crippen molar-refractivity contribution in [3.05, 3.63) is 84.4 Å². The summed E-state index contributed by atoms with van der Waals surface area (Å²) in [6, 6.07) is 19.4. The summed E-state index contributed by atoms with van der Waals surface area (Å²) in [5, 5.41) is 11.9. The molecule has 0 spiro atoms. The fraction of sp³-hybridized carbons (Fsp3) is 0. The number of benzene rings is 3. The predicted octanol–water partition coefficient (Wildman–Crippen LogP) is 3.34. The van der Waals surface area contributed by atoms with Gasteiger partial charge >= 0.3 is 6.03 Å². The maximum Gasteiger partial charge on any atom is 0.329 e. The zero-order chi connectivity index (χ0) is 21.6. The zero-order valence-electron chi connectivity index (χ0n) is 15.4. The maximum atomic E-state index is 12.3. The van der Waals surface area contributed by atoms with Crippen LogP contribution in [0.4, 0.5) is 10.5 Å². The van der Waals surface area contributed by atoms with Crippen LogP contribution in [0.25, 0.3) is 0 Å². The third kappa shape index (κ3) is 5.75. The van der Waals surface area contributed by atoms with Crippen LogP contribution in [0.15, 0.2) is 88.7 Å². The Morgan fingerprint density at radius 3 is 2.10 bits per heavy atom. The molecule has 0 unspecified atom stereocenters.